The summed E-state index contributed by atoms with van der Waals surface area (Å²) in [6.45, 7) is 1.89. The van der Waals surface area contributed by atoms with E-state index in [1.807, 2.05) is 38.2 Å². The molecule has 0 aliphatic heterocycles. The Balaban J connectivity index is 1.57. The molecule has 150 valence electrons. The maximum Gasteiger partial charge on any atom is 0.236 e. The lowest BCUT2D eigenvalue weighted by Gasteiger charge is -2.25. The van der Waals surface area contributed by atoms with Crippen LogP contribution >= 0.6 is 0 Å². The van der Waals surface area contributed by atoms with E-state index in [0.717, 1.165) is 23.5 Å². The van der Waals surface area contributed by atoms with Crippen LogP contribution in [-0.2, 0) is 17.9 Å². The van der Waals surface area contributed by atoms with Crippen LogP contribution in [0.25, 0.3) is 0 Å². The predicted octanol–water partition coefficient (Wildman–Crippen LogP) is 3.38. The molecule has 0 bridgehead atoms. The highest BCUT2D eigenvalue weighted by Crippen LogP contribution is 2.28. The van der Waals surface area contributed by atoms with Gasteiger partial charge in [-0.1, -0.05) is 24.3 Å². The van der Waals surface area contributed by atoms with E-state index in [-0.39, 0.29) is 5.91 Å². The highest BCUT2D eigenvalue weighted by Gasteiger charge is 2.31. The van der Waals surface area contributed by atoms with Crippen LogP contribution < -0.4 is 9.64 Å². The van der Waals surface area contributed by atoms with Crippen LogP contribution in [0.15, 0.2) is 48.5 Å². The molecule has 1 aliphatic carbocycles. The zero-order valence-electron chi connectivity index (χ0n) is 17.4. The fraction of sp³-hybridized carbons (Fsp3) is 0.435. The van der Waals surface area contributed by atoms with Crippen molar-refractivity contribution in [3.63, 3.8) is 0 Å². The van der Waals surface area contributed by atoms with Gasteiger partial charge in [0.2, 0.25) is 5.91 Å². The van der Waals surface area contributed by atoms with Crippen LogP contribution in [-0.4, -0.2) is 56.5 Å². The van der Waals surface area contributed by atoms with Crippen LogP contribution in [0.2, 0.25) is 0 Å². The van der Waals surface area contributed by atoms with E-state index < -0.39 is 0 Å². The van der Waals surface area contributed by atoms with Gasteiger partial charge in [-0.15, -0.1) is 0 Å². The summed E-state index contributed by atoms with van der Waals surface area (Å²) < 4.78 is 5.23. The number of rotatable bonds is 9. The van der Waals surface area contributed by atoms with Crippen molar-refractivity contribution in [2.24, 2.45) is 0 Å². The third kappa shape index (κ3) is 5.49. The Hall–Kier alpha value is -2.53. The van der Waals surface area contributed by atoms with Gasteiger partial charge in [0.15, 0.2) is 0 Å². The molecule has 0 radical (unpaired) electrons. The molecule has 28 heavy (non-hydrogen) atoms. The first-order valence-corrected chi connectivity index (χ1v) is 9.83. The number of carbonyl (C=O) groups excluding carboxylic acids is 1. The molecule has 1 saturated carbocycles. The standard InChI is InChI=1S/C23H31N3O2/c1-24(2)20-9-5-18(6-10-20)15-25(3)23(27)17-26(21-11-12-21)16-19-7-13-22(28-4)14-8-19/h5-10,13-14,21H,11-12,15-17H2,1-4H3. The van der Waals surface area contributed by atoms with Crippen molar-refractivity contribution in [1.82, 2.24) is 9.80 Å². The molecule has 3 rings (SSSR count). The molecule has 5 nitrogen and oxygen atoms in total. The van der Waals surface area contributed by atoms with Gasteiger partial charge < -0.3 is 14.5 Å². The fourth-order valence-corrected chi connectivity index (χ4v) is 3.28. The topological polar surface area (TPSA) is 36.0 Å². The second-order valence-electron chi connectivity index (χ2n) is 7.79. The quantitative estimate of drug-likeness (QED) is 0.667. The third-order valence-corrected chi connectivity index (χ3v) is 5.24. The van der Waals surface area contributed by atoms with Crippen LogP contribution in [0.1, 0.15) is 24.0 Å². The number of amides is 1. The summed E-state index contributed by atoms with van der Waals surface area (Å²) >= 11 is 0. The minimum atomic E-state index is 0.164. The number of hydrogen-bond donors (Lipinski definition) is 0. The molecule has 1 fully saturated rings. The maximum atomic E-state index is 12.8. The minimum Gasteiger partial charge on any atom is -0.497 e. The normalized spacial score (nSPS) is 13.5. The van der Waals surface area contributed by atoms with E-state index >= 15 is 0 Å². The molecule has 0 atom stereocenters. The van der Waals surface area contributed by atoms with Gasteiger partial charge in [0.1, 0.15) is 5.75 Å². The average molecular weight is 382 g/mol. The van der Waals surface area contributed by atoms with E-state index in [2.05, 4.69) is 46.2 Å². The van der Waals surface area contributed by atoms with Crippen molar-refractivity contribution in [2.45, 2.75) is 32.0 Å². The van der Waals surface area contributed by atoms with Gasteiger partial charge >= 0.3 is 0 Å². The number of nitrogens with zero attached hydrogens (tertiary/aromatic N) is 3. The Kier molecular flexibility index (Phi) is 6.57. The van der Waals surface area contributed by atoms with Crippen LogP contribution in [0.4, 0.5) is 5.69 Å². The molecule has 1 aliphatic rings. The highest BCUT2D eigenvalue weighted by atomic mass is 16.5. The summed E-state index contributed by atoms with van der Waals surface area (Å²) in [7, 11) is 7.62. The van der Waals surface area contributed by atoms with E-state index in [1.54, 1.807) is 7.11 Å². The van der Waals surface area contributed by atoms with E-state index in [1.165, 1.54) is 18.4 Å². The minimum absolute atomic E-state index is 0.164. The highest BCUT2D eigenvalue weighted by molar-refractivity contribution is 5.78. The van der Waals surface area contributed by atoms with E-state index in [0.29, 0.717) is 19.1 Å². The van der Waals surface area contributed by atoms with Gasteiger partial charge in [-0.05, 0) is 48.2 Å². The molecule has 0 spiro atoms. The molecule has 5 heteroatoms. The molecule has 2 aromatic rings. The number of likely N-dealkylation sites (N-methyl/N-ethyl adjacent to an activating group) is 1. The molecular weight excluding hydrogens is 350 g/mol. The maximum absolute atomic E-state index is 12.8. The lowest BCUT2D eigenvalue weighted by molar-refractivity contribution is -0.132. The largest absolute Gasteiger partial charge is 0.497 e. The Labute approximate surface area is 168 Å². The number of ether oxygens (including phenoxy) is 1. The molecule has 1 amide bonds. The first-order chi connectivity index (χ1) is 13.5. The first kappa shape index (κ1) is 20.2. The van der Waals surface area contributed by atoms with Crippen molar-refractivity contribution in [1.29, 1.82) is 0 Å². The monoisotopic (exact) mass is 381 g/mol. The summed E-state index contributed by atoms with van der Waals surface area (Å²) in [4.78, 5) is 19.0. The van der Waals surface area contributed by atoms with Gasteiger partial charge in [0.05, 0.1) is 13.7 Å². The summed E-state index contributed by atoms with van der Waals surface area (Å²) in [6, 6.07) is 17.0. The number of carbonyl (C=O) groups is 1. The first-order valence-electron chi connectivity index (χ1n) is 9.83. The lowest BCUT2D eigenvalue weighted by atomic mass is 10.2. The molecule has 2 aromatic carbocycles. The van der Waals surface area contributed by atoms with Crippen LogP contribution in [0, 0.1) is 0 Å². The molecular formula is C23H31N3O2. The zero-order valence-corrected chi connectivity index (χ0v) is 17.4. The number of benzene rings is 2. The Morgan fingerprint density at radius 1 is 0.929 bits per heavy atom. The zero-order chi connectivity index (χ0) is 20.1. The molecule has 0 unspecified atom stereocenters. The van der Waals surface area contributed by atoms with Crippen LogP contribution in [0.3, 0.4) is 0 Å². The third-order valence-electron chi connectivity index (χ3n) is 5.24. The number of hydrogen-bond acceptors (Lipinski definition) is 4. The summed E-state index contributed by atoms with van der Waals surface area (Å²) in [5.41, 5.74) is 3.52. The second kappa shape index (κ2) is 9.11. The summed E-state index contributed by atoms with van der Waals surface area (Å²) in [5, 5.41) is 0. The number of anilines is 1. The van der Waals surface area contributed by atoms with Crippen molar-refractivity contribution < 1.29 is 9.53 Å². The summed E-state index contributed by atoms with van der Waals surface area (Å²) in [5.74, 6) is 1.02. The fourth-order valence-electron chi connectivity index (χ4n) is 3.28. The van der Waals surface area contributed by atoms with Gasteiger partial charge in [-0.25, -0.2) is 0 Å². The van der Waals surface area contributed by atoms with Gasteiger partial charge in [-0.2, -0.15) is 0 Å². The van der Waals surface area contributed by atoms with Gasteiger partial charge in [0.25, 0.3) is 0 Å². The van der Waals surface area contributed by atoms with Gasteiger partial charge in [-0.3, -0.25) is 9.69 Å². The molecule has 0 N–H and O–H groups in total. The van der Waals surface area contributed by atoms with E-state index in [9.17, 15) is 4.79 Å². The Morgan fingerprint density at radius 3 is 2.04 bits per heavy atom. The van der Waals surface area contributed by atoms with Crippen molar-refractivity contribution >= 4 is 11.6 Å². The number of methoxy groups -OCH3 is 1. The smallest absolute Gasteiger partial charge is 0.236 e. The summed E-state index contributed by atoms with van der Waals surface area (Å²) in [6.07, 6.45) is 2.36. The van der Waals surface area contributed by atoms with Gasteiger partial charge in [0, 0.05) is 46.0 Å². The predicted molar refractivity (Wildman–Crippen MR) is 114 cm³/mol. The molecule has 0 heterocycles. The molecule has 0 aromatic heterocycles. The van der Waals surface area contributed by atoms with E-state index in [4.69, 9.17) is 4.74 Å². The second-order valence-corrected chi connectivity index (χ2v) is 7.79. The van der Waals surface area contributed by atoms with Crippen molar-refractivity contribution in [2.75, 3.05) is 39.7 Å². The Bertz CT molecular complexity index is 767. The average Bonchev–Trinajstić information content (AvgIpc) is 3.53. The molecule has 0 saturated heterocycles. The van der Waals surface area contributed by atoms with Crippen molar-refractivity contribution in [3.05, 3.63) is 59.7 Å². The SMILES string of the molecule is COc1ccc(CN(CC(=O)N(C)Cc2ccc(N(C)C)cc2)C2CC2)cc1. The van der Waals surface area contributed by atoms with Crippen molar-refractivity contribution in [3.8, 4) is 5.75 Å². The lowest BCUT2D eigenvalue weighted by Crippen LogP contribution is -2.38. The Morgan fingerprint density at radius 2 is 1.50 bits per heavy atom. The van der Waals surface area contributed by atoms with Crippen LogP contribution in [0.5, 0.6) is 5.75 Å².